The lowest BCUT2D eigenvalue weighted by atomic mass is 9.91. The SMILES string of the molecule is C[C@H](N(Cc1ccc(F)cc1)C(=O)CN1C(=O)NC2(CS(=O)(=O)c3cc(-c4cnn(C)c4)ccc32)C1=O)C(F)(F)F. The third kappa shape index (κ3) is 4.94. The number of amides is 4. The molecule has 3 aromatic rings. The second-order valence-corrected chi connectivity index (χ2v) is 11.9. The van der Waals surface area contributed by atoms with Crippen LogP contribution in [-0.2, 0) is 38.6 Å². The summed E-state index contributed by atoms with van der Waals surface area (Å²) >= 11 is 0. The standard InChI is InChI=1S/C26H23F4N5O5S/c1-15(26(28,29)30)34(11-16-3-6-19(27)7-4-16)22(36)13-35-23(37)25(32-24(35)38)14-41(39,40)21-9-17(5-8-20(21)25)18-10-31-33(2)12-18/h3-10,12,15H,11,13-14H2,1-2H3,(H,32,38)/t15-,25?/m0/s1. The van der Waals surface area contributed by atoms with Gasteiger partial charge < -0.3 is 10.2 Å². The summed E-state index contributed by atoms with van der Waals surface area (Å²) in [5.74, 6) is -3.74. The molecule has 3 heterocycles. The summed E-state index contributed by atoms with van der Waals surface area (Å²) in [6, 6.07) is 5.34. The Hall–Kier alpha value is -4.27. The van der Waals surface area contributed by atoms with Crippen LogP contribution in [0.3, 0.4) is 0 Å². The summed E-state index contributed by atoms with van der Waals surface area (Å²) in [7, 11) is -2.40. The molecule has 15 heteroatoms. The van der Waals surface area contributed by atoms with Crippen LogP contribution in [0.25, 0.3) is 11.1 Å². The van der Waals surface area contributed by atoms with Gasteiger partial charge in [-0.2, -0.15) is 18.3 Å². The van der Waals surface area contributed by atoms with Crippen molar-refractivity contribution < 1.29 is 40.4 Å². The maximum Gasteiger partial charge on any atom is 0.408 e. The molecule has 41 heavy (non-hydrogen) atoms. The van der Waals surface area contributed by atoms with E-state index in [0.717, 1.165) is 19.1 Å². The van der Waals surface area contributed by atoms with Crippen LogP contribution in [0.15, 0.2) is 59.8 Å². The first-order chi connectivity index (χ1) is 19.1. The van der Waals surface area contributed by atoms with Crippen LogP contribution >= 0.6 is 0 Å². The summed E-state index contributed by atoms with van der Waals surface area (Å²) in [6.07, 6.45) is -1.66. The molecule has 1 saturated heterocycles. The molecule has 0 saturated carbocycles. The molecule has 2 atom stereocenters. The van der Waals surface area contributed by atoms with Gasteiger partial charge in [-0.1, -0.05) is 24.3 Å². The number of urea groups is 1. The zero-order chi connectivity index (χ0) is 29.9. The van der Waals surface area contributed by atoms with Gasteiger partial charge >= 0.3 is 12.2 Å². The molecule has 5 rings (SSSR count). The molecule has 0 radical (unpaired) electrons. The lowest BCUT2D eigenvalue weighted by Gasteiger charge is -2.32. The van der Waals surface area contributed by atoms with Crippen LogP contribution in [0, 0.1) is 5.82 Å². The number of aromatic nitrogens is 2. The Labute approximate surface area is 231 Å². The van der Waals surface area contributed by atoms with Crippen LogP contribution in [0.2, 0.25) is 0 Å². The fourth-order valence-electron chi connectivity index (χ4n) is 5.00. The van der Waals surface area contributed by atoms with Gasteiger partial charge in [-0.25, -0.2) is 17.6 Å². The monoisotopic (exact) mass is 593 g/mol. The average molecular weight is 594 g/mol. The van der Waals surface area contributed by atoms with Crippen molar-refractivity contribution in [3.05, 3.63) is 71.8 Å². The van der Waals surface area contributed by atoms with E-state index in [2.05, 4.69) is 10.4 Å². The molecular weight excluding hydrogens is 570 g/mol. The number of alkyl halides is 3. The van der Waals surface area contributed by atoms with E-state index in [4.69, 9.17) is 0 Å². The molecule has 1 N–H and O–H groups in total. The van der Waals surface area contributed by atoms with Gasteiger partial charge in [0.1, 0.15) is 18.4 Å². The van der Waals surface area contributed by atoms with E-state index < -0.39 is 70.1 Å². The molecule has 2 aliphatic heterocycles. The molecular formula is C26H23F4N5O5S. The number of rotatable bonds is 6. The first-order valence-corrected chi connectivity index (χ1v) is 13.9. The number of halogens is 4. The highest BCUT2D eigenvalue weighted by Gasteiger charge is 2.60. The van der Waals surface area contributed by atoms with Crippen molar-refractivity contribution in [2.75, 3.05) is 12.3 Å². The van der Waals surface area contributed by atoms with Crippen molar-refractivity contribution in [1.29, 1.82) is 0 Å². The van der Waals surface area contributed by atoms with Crippen molar-refractivity contribution in [3.63, 3.8) is 0 Å². The minimum Gasteiger partial charge on any atom is -0.325 e. The second-order valence-electron chi connectivity index (χ2n) is 9.97. The summed E-state index contributed by atoms with van der Waals surface area (Å²) in [5.41, 5.74) is -0.759. The Morgan fingerprint density at radius 1 is 1.15 bits per heavy atom. The molecule has 4 amide bonds. The normalized spacial score (nSPS) is 20.3. The number of hydrogen-bond acceptors (Lipinski definition) is 6. The second kappa shape index (κ2) is 9.68. The quantitative estimate of drug-likeness (QED) is 0.347. The highest BCUT2D eigenvalue weighted by molar-refractivity contribution is 7.92. The predicted molar refractivity (Wildman–Crippen MR) is 135 cm³/mol. The minimum atomic E-state index is -4.85. The van der Waals surface area contributed by atoms with E-state index in [9.17, 15) is 40.4 Å². The first-order valence-electron chi connectivity index (χ1n) is 12.2. The van der Waals surface area contributed by atoms with Crippen LogP contribution in [0.4, 0.5) is 22.4 Å². The number of nitrogens with zero attached hydrogens (tertiary/aromatic N) is 4. The van der Waals surface area contributed by atoms with Crippen LogP contribution in [-0.4, -0.2) is 70.4 Å². The number of sulfone groups is 1. The maximum atomic E-state index is 13.7. The van der Waals surface area contributed by atoms with Crippen molar-refractivity contribution >= 4 is 27.7 Å². The number of nitrogens with one attached hydrogen (secondary N) is 1. The number of carbonyl (C=O) groups is 3. The van der Waals surface area contributed by atoms with Crippen LogP contribution in [0.5, 0.6) is 0 Å². The fraction of sp³-hybridized carbons (Fsp3) is 0.308. The Morgan fingerprint density at radius 3 is 2.44 bits per heavy atom. The summed E-state index contributed by atoms with van der Waals surface area (Å²) in [5, 5.41) is 6.42. The largest absolute Gasteiger partial charge is 0.408 e. The van der Waals surface area contributed by atoms with E-state index >= 15 is 0 Å². The van der Waals surface area contributed by atoms with E-state index in [0.29, 0.717) is 20.9 Å². The van der Waals surface area contributed by atoms with Crippen molar-refractivity contribution in [3.8, 4) is 11.1 Å². The molecule has 1 fully saturated rings. The van der Waals surface area contributed by atoms with Gasteiger partial charge in [0.25, 0.3) is 5.91 Å². The molecule has 1 unspecified atom stereocenters. The van der Waals surface area contributed by atoms with Crippen molar-refractivity contribution in [1.82, 2.24) is 24.9 Å². The average Bonchev–Trinajstić information content (AvgIpc) is 3.50. The van der Waals surface area contributed by atoms with Gasteiger partial charge in [-0.3, -0.25) is 19.2 Å². The van der Waals surface area contributed by atoms with Gasteiger partial charge in [0.15, 0.2) is 15.4 Å². The minimum absolute atomic E-state index is 0.00901. The Morgan fingerprint density at radius 2 is 1.83 bits per heavy atom. The van der Waals surface area contributed by atoms with Gasteiger partial charge in [-0.05, 0) is 36.2 Å². The number of carbonyl (C=O) groups excluding carboxylic acids is 3. The first kappa shape index (κ1) is 28.3. The molecule has 216 valence electrons. The van der Waals surface area contributed by atoms with Crippen LogP contribution < -0.4 is 5.32 Å². The molecule has 10 nitrogen and oxygen atoms in total. The molecule has 1 spiro atoms. The van der Waals surface area contributed by atoms with Crippen molar-refractivity contribution in [2.45, 2.75) is 36.1 Å². The van der Waals surface area contributed by atoms with Gasteiger partial charge in [-0.15, -0.1) is 0 Å². The van der Waals surface area contributed by atoms with Gasteiger partial charge in [0.2, 0.25) is 5.91 Å². The molecule has 1 aromatic heterocycles. The number of hydrogen-bond donors (Lipinski definition) is 1. The lowest BCUT2D eigenvalue weighted by Crippen LogP contribution is -2.51. The van der Waals surface area contributed by atoms with Crippen LogP contribution in [0.1, 0.15) is 18.1 Å². The summed E-state index contributed by atoms with van der Waals surface area (Å²) < 4.78 is 82.1. The zero-order valence-electron chi connectivity index (χ0n) is 21.6. The third-order valence-corrected chi connectivity index (χ3v) is 9.04. The van der Waals surface area contributed by atoms with E-state index in [1.54, 1.807) is 19.3 Å². The smallest absolute Gasteiger partial charge is 0.325 e. The molecule has 0 aliphatic carbocycles. The van der Waals surface area contributed by atoms with E-state index in [-0.39, 0.29) is 16.0 Å². The molecule has 2 aliphatic rings. The topological polar surface area (TPSA) is 122 Å². The fourth-order valence-corrected chi connectivity index (χ4v) is 6.96. The highest BCUT2D eigenvalue weighted by atomic mass is 32.2. The molecule has 0 bridgehead atoms. The maximum absolute atomic E-state index is 13.7. The molecule has 2 aromatic carbocycles. The Balaban J connectivity index is 1.45. The highest BCUT2D eigenvalue weighted by Crippen LogP contribution is 2.43. The number of fused-ring (bicyclic) bond motifs is 2. The lowest BCUT2D eigenvalue weighted by molar-refractivity contribution is -0.187. The summed E-state index contributed by atoms with van der Waals surface area (Å²) in [4.78, 5) is 40.4. The third-order valence-electron chi connectivity index (χ3n) is 7.22. The van der Waals surface area contributed by atoms with Gasteiger partial charge in [0.05, 0.1) is 16.8 Å². The number of aryl methyl sites for hydroxylation is 1. The predicted octanol–water partition coefficient (Wildman–Crippen LogP) is 2.74. The Bertz CT molecular complexity index is 1670. The number of benzene rings is 2. The van der Waals surface area contributed by atoms with E-state index in [1.165, 1.54) is 35.1 Å². The van der Waals surface area contributed by atoms with Crippen molar-refractivity contribution in [2.24, 2.45) is 7.05 Å². The summed E-state index contributed by atoms with van der Waals surface area (Å²) in [6.45, 7) is -0.908. The zero-order valence-corrected chi connectivity index (χ0v) is 22.5. The number of imide groups is 1. The Kier molecular flexibility index (Phi) is 6.67. The van der Waals surface area contributed by atoms with E-state index in [1.807, 2.05) is 0 Å². The van der Waals surface area contributed by atoms with Gasteiger partial charge in [0, 0.05) is 30.9 Å².